The molecule has 0 aliphatic heterocycles. The molecule has 4 heteroatoms. The van der Waals surface area contributed by atoms with Gasteiger partial charge in [0, 0.05) is 13.0 Å². The zero-order chi connectivity index (χ0) is 11.6. The Balaban J connectivity index is 2.35. The summed E-state index contributed by atoms with van der Waals surface area (Å²) in [5.74, 6) is 0.332. The zero-order valence-corrected chi connectivity index (χ0v) is 9.87. The standard InChI is InChI=1S/C11H19NO3/c1-11(2,3)15-10(14)12(4)7-9(13)8-5-6-8/h8H,5-7H2,1-4H3. The Hall–Kier alpha value is -1.06. The van der Waals surface area contributed by atoms with E-state index in [1.807, 2.05) is 0 Å². The van der Waals surface area contributed by atoms with E-state index in [0.29, 0.717) is 0 Å². The molecule has 1 amide bonds. The summed E-state index contributed by atoms with van der Waals surface area (Å²) < 4.78 is 5.14. The molecule has 1 saturated carbocycles. The number of likely N-dealkylation sites (N-methyl/N-ethyl adjacent to an activating group) is 1. The highest BCUT2D eigenvalue weighted by atomic mass is 16.6. The van der Waals surface area contributed by atoms with Crippen LogP contribution in [-0.2, 0) is 9.53 Å². The number of hydrogen-bond donors (Lipinski definition) is 0. The zero-order valence-electron chi connectivity index (χ0n) is 9.87. The third-order valence-corrected chi connectivity index (χ3v) is 2.13. The van der Waals surface area contributed by atoms with Gasteiger partial charge < -0.3 is 9.64 Å². The first-order chi connectivity index (χ1) is 6.79. The number of ether oxygens (including phenoxy) is 1. The number of rotatable bonds is 3. The molecule has 0 unspecified atom stereocenters. The lowest BCUT2D eigenvalue weighted by atomic mass is 10.2. The van der Waals surface area contributed by atoms with Gasteiger partial charge in [-0.25, -0.2) is 4.79 Å². The van der Waals surface area contributed by atoms with Crippen molar-refractivity contribution in [3.63, 3.8) is 0 Å². The molecule has 0 aromatic carbocycles. The van der Waals surface area contributed by atoms with E-state index in [2.05, 4.69) is 0 Å². The van der Waals surface area contributed by atoms with E-state index in [1.54, 1.807) is 27.8 Å². The molecule has 15 heavy (non-hydrogen) atoms. The molecule has 4 nitrogen and oxygen atoms in total. The molecule has 86 valence electrons. The Bertz CT molecular complexity index is 263. The van der Waals surface area contributed by atoms with Crippen LogP contribution in [0.2, 0.25) is 0 Å². The van der Waals surface area contributed by atoms with Crippen molar-refractivity contribution in [1.82, 2.24) is 4.90 Å². The summed E-state index contributed by atoms with van der Waals surface area (Å²) in [6, 6.07) is 0. The predicted molar refractivity (Wildman–Crippen MR) is 56.6 cm³/mol. The molecule has 0 N–H and O–H groups in total. The fraction of sp³-hybridized carbons (Fsp3) is 0.818. The van der Waals surface area contributed by atoms with E-state index in [0.717, 1.165) is 12.8 Å². The molecular weight excluding hydrogens is 194 g/mol. The Morgan fingerprint density at radius 3 is 2.27 bits per heavy atom. The van der Waals surface area contributed by atoms with Crippen LogP contribution in [0, 0.1) is 5.92 Å². The lowest BCUT2D eigenvalue weighted by Gasteiger charge is -2.24. The second kappa shape index (κ2) is 4.21. The van der Waals surface area contributed by atoms with Crippen molar-refractivity contribution in [1.29, 1.82) is 0 Å². The molecule has 1 rings (SSSR count). The van der Waals surface area contributed by atoms with Gasteiger partial charge >= 0.3 is 6.09 Å². The van der Waals surface area contributed by atoms with Crippen molar-refractivity contribution in [2.75, 3.05) is 13.6 Å². The normalized spacial score (nSPS) is 16.0. The van der Waals surface area contributed by atoms with E-state index in [4.69, 9.17) is 4.74 Å². The Morgan fingerprint density at radius 1 is 1.33 bits per heavy atom. The van der Waals surface area contributed by atoms with E-state index >= 15 is 0 Å². The van der Waals surface area contributed by atoms with Crippen LogP contribution in [-0.4, -0.2) is 36.0 Å². The molecule has 0 spiro atoms. The first-order valence-corrected chi connectivity index (χ1v) is 5.26. The SMILES string of the molecule is CN(CC(=O)C1CC1)C(=O)OC(C)(C)C. The lowest BCUT2D eigenvalue weighted by Crippen LogP contribution is -2.37. The predicted octanol–water partition coefficient (Wildman–Crippen LogP) is 1.83. The number of nitrogens with zero attached hydrogens (tertiary/aromatic N) is 1. The maximum atomic E-state index is 11.5. The minimum absolute atomic E-state index is 0.142. The quantitative estimate of drug-likeness (QED) is 0.718. The molecule has 1 aliphatic carbocycles. The Labute approximate surface area is 90.6 Å². The van der Waals surface area contributed by atoms with Crippen LogP contribution in [0.3, 0.4) is 0 Å². The van der Waals surface area contributed by atoms with Gasteiger partial charge in [-0.05, 0) is 33.6 Å². The minimum Gasteiger partial charge on any atom is -0.444 e. The van der Waals surface area contributed by atoms with Crippen LogP contribution in [0.15, 0.2) is 0 Å². The Morgan fingerprint density at radius 2 is 1.87 bits per heavy atom. The molecule has 0 aromatic rings. The van der Waals surface area contributed by atoms with Gasteiger partial charge in [0.2, 0.25) is 0 Å². The summed E-state index contributed by atoms with van der Waals surface area (Å²) in [4.78, 5) is 24.3. The third-order valence-electron chi connectivity index (χ3n) is 2.13. The van der Waals surface area contributed by atoms with Crippen LogP contribution < -0.4 is 0 Å². The van der Waals surface area contributed by atoms with Gasteiger partial charge in [-0.15, -0.1) is 0 Å². The maximum Gasteiger partial charge on any atom is 0.410 e. The number of carbonyl (C=O) groups is 2. The summed E-state index contributed by atoms with van der Waals surface area (Å²) in [7, 11) is 1.59. The van der Waals surface area contributed by atoms with Gasteiger partial charge in [-0.1, -0.05) is 0 Å². The smallest absolute Gasteiger partial charge is 0.410 e. The van der Waals surface area contributed by atoms with Crippen molar-refractivity contribution in [3.05, 3.63) is 0 Å². The maximum absolute atomic E-state index is 11.5. The molecule has 0 saturated heterocycles. The van der Waals surface area contributed by atoms with Gasteiger partial charge in [-0.2, -0.15) is 0 Å². The fourth-order valence-corrected chi connectivity index (χ4v) is 1.17. The van der Waals surface area contributed by atoms with E-state index in [1.165, 1.54) is 4.90 Å². The number of amides is 1. The second-order valence-corrected chi connectivity index (χ2v) is 5.08. The molecule has 0 heterocycles. The molecule has 0 atom stereocenters. The molecule has 0 aromatic heterocycles. The van der Waals surface area contributed by atoms with Crippen molar-refractivity contribution >= 4 is 11.9 Å². The average molecular weight is 213 g/mol. The summed E-state index contributed by atoms with van der Waals surface area (Å²) in [6.45, 7) is 5.59. The molecule has 0 bridgehead atoms. The summed E-state index contributed by atoms with van der Waals surface area (Å²) in [5, 5.41) is 0. The van der Waals surface area contributed by atoms with E-state index in [-0.39, 0.29) is 18.2 Å². The molecule has 1 aliphatic rings. The van der Waals surface area contributed by atoms with Gasteiger partial charge in [0.1, 0.15) is 5.60 Å². The molecular formula is C11H19NO3. The number of Topliss-reactive ketones (excluding diaryl/α,β-unsaturated/α-hetero) is 1. The summed E-state index contributed by atoms with van der Waals surface area (Å²) >= 11 is 0. The molecule has 0 radical (unpaired) electrons. The number of carbonyl (C=O) groups excluding carboxylic acids is 2. The number of hydrogen-bond acceptors (Lipinski definition) is 3. The monoisotopic (exact) mass is 213 g/mol. The van der Waals surface area contributed by atoms with Crippen LogP contribution in [0.5, 0.6) is 0 Å². The molecule has 1 fully saturated rings. The topological polar surface area (TPSA) is 46.6 Å². The lowest BCUT2D eigenvalue weighted by molar-refractivity contribution is -0.121. The van der Waals surface area contributed by atoms with Gasteiger partial charge in [0.05, 0.1) is 6.54 Å². The van der Waals surface area contributed by atoms with Crippen molar-refractivity contribution in [2.45, 2.75) is 39.2 Å². The second-order valence-electron chi connectivity index (χ2n) is 5.08. The van der Waals surface area contributed by atoms with Crippen LogP contribution in [0.25, 0.3) is 0 Å². The van der Waals surface area contributed by atoms with E-state index < -0.39 is 11.7 Å². The highest BCUT2D eigenvalue weighted by molar-refractivity contribution is 5.87. The fourth-order valence-electron chi connectivity index (χ4n) is 1.17. The van der Waals surface area contributed by atoms with Crippen LogP contribution >= 0.6 is 0 Å². The minimum atomic E-state index is -0.506. The van der Waals surface area contributed by atoms with Crippen molar-refractivity contribution in [3.8, 4) is 0 Å². The van der Waals surface area contributed by atoms with E-state index in [9.17, 15) is 9.59 Å². The van der Waals surface area contributed by atoms with Crippen molar-refractivity contribution in [2.24, 2.45) is 5.92 Å². The van der Waals surface area contributed by atoms with Crippen LogP contribution in [0.4, 0.5) is 4.79 Å². The average Bonchev–Trinajstić information content (AvgIpc) is 2.82. The summed E-state index contributed by atoms with van der Waals surface area (Å²) in [5.41, 5.74) is -0.506. The highest BCUT2D eigenvalue weighted by Crippen LogP contribution is 2.29. The largest absolute Gasteiger partial charge is 0.444 e. The number of ketones is 1. The van der Waals surface area contributed by atoms with Crippen molar-refractivity contribution < 1.29 is 14.3 Å². The van der Waals surface area contributed by atoms with Gasteiger partial charge in [0.25, 0.3) is 0 Å². The van der Waals surface area contributed by atoms with Gasteiger partial charge in [-0.3, -0.25) is 4.79 Å². The third kappa shape index (κ3) is 4.32. The Kier molecular flexibility index (Phi) is 3.37. The van der Waals surface area contributed by atoms with Gasteiger partial charge in [0.15, 0.2) is 5.78 Å². The summed E-state index contributed by atoms with van der Waals surface area (Å²) in [6.07, 6.45) is 1.51. The first-order valence-electron chi connectivity index (χ1n) is 5.26. The van der Waals surface area contributed by atoms with Crippen LogP contribution in [0.1, 0.15) is 33.6 Å². The first kappa shape index (κ1) is 12.0. The highest BCUT2D eigenvalue weighted by Gasteiger charge is 2.31.